The minimum atomic E-state index is -0.0786. The Morgan fingerprint density at radius 3 is 2.95 bits per heavy atom. The summed E-state index contributed by atoms with van der Waals surface area (Å²) in [5.41, 5.74) is 0. The summed E-state index contributed by atoms with van der Waals surface area (Å²) in [6, 6.07) is 0. The fraction of sp³-hybridized carbons (Fsp3) is 0.857. The molecule has 1 N–H and O–H groups in total. The predicted molar refractivity (Wildman–Crippen MR) is 85.3 cm³/mol. The topological polar surface area (TPSA) is 53.9 Å². The first kappa shape index (κ1) is 17.1. The largest absolute Gasteiger partial charge is 0.466 e. The lowest BCUT2D eigenvalue weighted by Gasteiger charge is -2.34. The minimum Gasteiger partial charge on any atom is -0.466 e. The van der Waals surface area contributed by atoms with Gasteiger partial charge in [-0.15, -0.1) is 0 Å². The van der Waals surface area contributed by atoms with Gasteiger partial charge in [-0.05, 0) is 26.0 Å². The Bertz CT molecular complexity index is 336. The van der Waals surface area contributed by atoms with Crippen LogP contribution < -0.4 is 5.32 Å². The molecule has 0 aromatic heterocycles. The summed E-state index contributed by atoms with van der Waals surface area (Å²) in [4.78, 5) is 18.3. The van der Waals surface area contributed by atoms with Crippen LogP contribution in [-0.2, 0) is 9.53 Å². The van der Waals surface area contributed by atoms with Crippen LogP contribution in [0.1, 0.15) is 26.7 Å². The molecule has 1 aliphatic rings. The predicted octanol–water partition coefficient (Wildman–Crippen LogP) is 1.59. The highest BCUT2D eigenvalue weighted by Crippen LogP contribution is 2.18. The molecule has 1 saturated heterocycles. The molecule has 6 heteroatoms. The molecule has 116 valence electrons. The fourth-order valence-electron chi connectivity index (χ4n) is 2.27. The smallest absolute Gasteiger partial charge is 0.310 e. The maximum atomic E-state index is 11.9. The second kappa shape index (κ2) is 9.10. The number of ether oxygens (including phenoxy) is 1. The Morgan fingerprint density at radius 1 is 1.60 bits per heavy atom. The number of piperidine rings is 1. The Hall–Kier alpha value is -0.910. The summed E-state index contributed by atoms with van der Waals surface area (Å²) in [6.45, 7) is 7.02. The SMILES string of the molecule is CCOC(=O)C1CCCN(C(=NC)NCC(C)SC)C1. The molecule has 2 atom stereocenters. The van der Waals surface area contributed by atoms with E-state index < -0.39 is 0 Å². The molecule has 1 aliphatic heterocycles. The van der Waals surface area contributed by atoms with Crippen molar-refractivity contribution in [1.82, 2.24) is 10.2 Å². The van der Waals surface area contributed by atoms with Gasteiger partial charge in [-0.1, -0.05) is 6.92 Å². The number of rotatable bonds is 5. The third kappa shape index (κ3) is 5.23. The first-order chi connectivity index (χ1) is 9.62. The van der Waals surface area contributed by atoms with Crippen molar-refractivity contribution in [2.75, 3.05) is 39.5 Å². The molecular weight excluding hydrogens is 274 g/mol. The third-order valence-electron chi connectivity index (χ3n) is 3.50. The van der Waals surface area contributed by atoms with Crippen LogP contribution in [0, 0.1) is 5.92 Å². The molecule has 0 radical (unpaired) electrons. The zero-order valence-electron chi connectivity index (χ0n) is 13.0. The maximum Gasteiger partial charge on any atom is 0.310 e. The second-order valence-electron chi connectivity index (χ2n) is 5.01. The average molecular weight is 301 g/mol. The quantitative estimate of drug-likeness (QED) is 0.475. The van der Waals surface area contributed by atoms with E-state index in [-0.39, 0.29) is 11.9 Å². The van der Waals surface area contributed by atoms with Crippen LogP contribution in [0.4, 0.5) is 0 Å². The molecule has 5 nitrogen and oxygen atoms in total. The number of aliphatic imine (C=N–C) groups is 1. The van der Waals surface area contributed by atoms with Crippen LogP contribution in [0.2, 0.25) is 0 Å². The summed E-state index contributed by atoms with van der Waals surface area (Å²) in [5.74, 6) is 0.783. The van der Waals surface area contributed by atoms with Crippen LogP contribution in [0.5, 0.6) is 0 Å². The van der Waals surface area contributed by atoms with Crippen LogP contribution in [0.25, 0.3) is 0 Å². The Kier molecular flexibility index (Phi) is 7.80. The number of guanidine groups is 1. The van der Waals surface area contributed by atoms with Gasteiger partial charge in [0.1, 0.15) is 0 Å². The molecule has 1 heterocycles. The lowest BCUT2D eigenvalue weighted by molar-refractivity contribution is -0.149. The van der Waals surface area contributed by atoms with Crippen LogP contribution in [0.15, 0.2) is 4.99 Å². The molecule has 0 aromatic carbocycles. The zero-order chi connectivity index (χ0) is 15.0. The van der Waals surface area contributed by atoms with Gasteiger partial charge in [0.15, 0.2) is 5.96 Å². The molecule has 20 heavy (non-hydrogen) atoms. The van der Waals surface area contributed by atoms with Crippen molar-refractivity contribution in [3.8, 4) is 0 Å². The van der Waals surface area contributed by atoms with E-state index in [9.17, 15) is 4.79 Å². The molecule has 1 rings (SSSR count). The van der Waals surface area contributed by atoms with E-state index in [2.05, 4.69) is 28.4 Å². The molecular formula is C14H27N3O2S. The van der Waals surface area contributed by atoms with Crippen molar-refractivity contribution < 1.29 is 9.53 Å². The van der Waals surface area contributed by atoms with Crippen LogP contribution >= 0.6 is 11.8 Å². The summed E-state index contributed by atoms with van der Waals surface area (Å²) < 4.78 is 5.13. The van der Waals surface area contributed by atoms with E-state index >= 15 is 0 Å². The molecule has 0 aromatic rings. The number of nitrogens with one attached hydrogen (secondary N) is 1. The van der Waals surface area contributed by atoms with E-state index in [1.54, 1.807) is 7.05 Å². The van der Waals surface area contributed by atoms with Gasteiger partial charge < -0.3 is 15.0 Å². The minimum absolute atomic E-state index is 0.0276. The Morgan fingerprint density at radius 2 is 2.35 bits per heavy atom. The number of hydrogen-bond donors (Lipinski definition) is 1. The number of nitrogens with zero attached hydrogens (tertiary/aromatic N) is 2. The molecule has 1 fully saturated rings. The lowest BCUT2D eigenvalue weighted by Crippen LogP contribution is -2.49. The average Bonchev–Trinajstić information content (AvgIpc) is 2.48. The molecule has 2 unspecified atom stereocenters. The standard InChI is InChI=1S/C14H27N3O2S/c1-5-19-13(18)12-7-6-8-17(10-12)14(15-3)16-9-11(2)20-4/h11-12H,5-10H2,1-4H3,(H,15,16). The van der Waals surface area contributed by atoms with Crippen molar-refractivity contribution in [3.63, 3.8) is 0 Å². The highest BCUT2D eigenvalue weighted by atomic mass is 32.2. The lowest BCUT2D eigenvalue weighted by atomic mass is 9.98. The molecule has 0 saturated carbocycles. The summed E-state index contributed by atoms with van der Waals surface area (Å²) in [5, 5.41) is 3.92. The van der Waals surface area contributed by atoms with Gasteiger partial charge in [0.25, 0.3) is 0 Å². The van der Waals surface area contributed by atoms with Gasteiger partial charge in [0.2, 0.25) is 0 Å². The normalized spacial score (nSPS) is 21.5. The number of esters is 1. The van der Waals surface area contributed by atoms with Crippen molar-refractivity contribution in [2.45, 2.75) is 31.9 Å². The van der Waals surface area contributed by atoms with Gasteiger partial charge in [0, 0.05) is 31.9 Å². The molecule has 0 amide bonds. The first-order valence-electron chi connectivity index (χ1n) is 7.27. The molecule has 0 bridgehead atoms. The first-order valence-corrected chi connectivity index (χ1v) is 8.56. The summed E-state index contributed by atoms with van der Waals surface area (Å²) >= 11 is 1.83. The number of likely N-dealkylation sites (tertiary alicyclic amines) is 1. The highest BCUT2D eigenvalue weighted by Gasteiger charge is 2.28. The van der Waals surface area contributed by atoms with Crippen LogP contribution in [-0.4, -0.2) is 61.6 Å². The summed E-state index contributed by atoms with van der Waals surface area (Å²) in [7, 11) is 1.79. The van der Waals surface area contributed by atoms with Gasteiger partial charge in [-0.25, -0.2) is 0 Å². The highest BCUT2D eigenvalue weighted by molar-refractivity contribution is 7.99. The maximum absolute atomic E-state index is 11.9. The van der Waals surface area contributed by atoms with E-state index in [0.717, 1.165) is 31.9 Å². The van der Waals surface area contributed by atoms with Gasteiger partial charge >= 0.3 is 5.97 Å². The van der Waals surface area contributed by atoms with Gasteiger partial charge in [0.05, 0.1) is 12.5 Å². The summed E-state index contributed by atoms with van der Waals surface area (Å²) in [6.07, 6.45) is 4.02. The van der Waals surface area contributed by atoms with E-state index in [0.29, 0.717) is 18.4 Å². The number of thioether (sulfide) groups is 1. The van der Waals surface area contributed by atoms with Crippen molar-refractivity contribution in [2.24, 2.45) is 10.9 Å². The van der Waals surface area contributed by atoms with Crippen LogP contribution in [0.3, 0.4) is 0 Å². The zero-order valence-corrected chi connectivity index (χ0v) is 13.8. The monoisotopic (exact) mass is 301 g/mol. The number of carbonyl (C=O) groups excluding carboxylic acids is 1. The van der Waals surface area contributed by atoms with Crippen molar-refractivity contribution >= 4 is 23.7 Å². The number of hydrogen-bond acceptors (Lipinski definition) is 4. The van der Waals surface area contributed by atoms with E-state index in [1.165, 1.54) is 0 Å². The third-order valence-corrected chi connectivity index (χ3v) is 4.47. The fourth-order valence-corrected chi connectivity index (χ4v) is 2.52. The van der Waals surface area contributed by atoms with Gasteiger partial charge in [-0.3, -0.25) is 9.79 Å². The Balaban J connectivity index is 2.53. The van der Waals surface area contributed by atoms with E-state index in [4.69, 9.17) is 4.74 Å². The Labute approximate surface area is 126 Å². The number of carbonyl (C=O) groups is 1. The molecule has 0 aliphatic carbocycles. The second-order valence-corrected chi connectivity index (χ2v) is 6.29. The van der Waals surface area contributed by atoms with E-state index in [1.807, 2.05) is 18.7 Å². The van der Waals surface area contributed by atoms with Crippen molar-refractivity contribution in [1.29, 1.82) is 0 Å². The molecule has 0 spiro atoms. The van der Waals surface area contributed by atoms with Gasteiger partial charge in [-0.2, -0.15) is 11.8 Å². The van der Waals surface area contributed by atoms with Crippen molar-refractivity contribution in [3.05, 3.63) is 0 Å².